The summed E-state index contributed by atoms with van der Waals surface area (Å²) < 4.78 is 5.04. The lowest BCUT2D eigenvalue weighted by atomic mass is 9.65. The number of benzene rings is 1. The average Bonchev–Trinajstić information content (AvgIpc) is 2.50. The molecule has 154 valence electrons. The van der Waals surface area contributed by atoms with E-state index in [-0.39, 0.29) is 21.7 Å². The van der Waals surface area contributed by atoms with Gasteiger partial charge in [-0.25, -0.2) is 0 Å². The van der Waals surface area contributed by atoms with E-state index in [1.54, 1.807) is 11.1 Å². The quantitative estimate of drug-likeness (QED) is 0.452. The monoisotopic (exact) mass is 398 g/mol. The first-order chi connectivity index (χ1) is 12.6. The van der Waals surface area contributed by atoms with E-state index in [1.165, 1.54) is 29.7 Å². The Balaban J connectivity index is 2.81. The van der Waals surface area contributed by atoms with E-state index in [0.717, 1.165) is 11.3 Å². The molecule has 1 aliphatic carbocycles. The fraction of sp³-hybridized carbons (Fsp3) is 0.680. The summed E-state index contributed by atoms with van der Waals surface area (Å²) in [5, 5.41) is 9.92. The van der Waals surface area contributed by atoms with Crippen LogP contribution >= 0.6 is 0 Å². The molecule has 1 aliphatic rings. The van der Waals surface area contributed by atoms with Gasteiger partial charge in [-0.2, -0.15) is 9.62 Å². The van der Waals surface area contributed by atoms with E-state index in [2.05, 4.69) is 81.4 Å². The van der Waals surface area contributed by atoms with E-state index in [0.29, 0.717) is 5.56 Å². The molecule has 2 rings (SSSR count). The molecule has 1 aromatic rings. The summed E-state index contributed by atoms with van der Waals surface area (Å²) in [6.07, 6.45) is 3.67. The molecular formula is C25H38N2S. The van der Waals surface area contributed by atoms with Crippen molar-refractivity contribution in [1.82, 2.24) is 0 Å². The molecule has 1 saturated carbocycles. The number of hydrogen-bond donors (Lipinski definition) is 0. The van der Waals surface area contributed by atoms with Crippen LogP contribution in [-0.4, -0.2) is 4.86 Å². The van der Waals surface area contributed by atoms with Gasteiger partial charge in [0.15, 0.2) is 0 Å². The van der Waals surface area contributed by atoms with Gasteiger partial charge in [0.2, 0.25) is 0 Å². The minimum Gasteiger partial charge on any atom is -0.192 e. The molecule has 0 spiro atoms. The molecule has 2 nitrogen and oxygen atoms in total. The molecule has 0 N–H and O–H groups in total. The number of rotatable bonds is 1. The Labute approximate surface area is 176 Å². The molecule has 3 heteroatoms. The van der Waals surface area contributed by atoms with Crippen LogP contribution < -0.4 is 0 Å². The van der Waals surface area contributed by atoms with Crippen molar-refractivity contribution in [1.29, 1.82) is 5.26 Å². The molecular weight excluding hydrogens is 360 g/mol. The number of nitriles is 1. The second-order valence-corrected chi connectivity index (χ2v) is 12.4. The van der Waals surface area contributed by atoms with Crippen LogP contribution in [0.3, 0.4) is 0 Å². The van der Waals surface area contributed by atoms with Crippen molar-refractivity contribution < 1.29 is 0 Å². The Hall–Kier alpha value is -1.40. The molecule has 0 amide bonds. The summed E-state index contributed by atoms with van der Waals surface area (Å²) in [7, 11) is 0. The third-order valence-electron chi connectivity index (χ3n) is 5.97. The maximum absolute atomic E-state index is 9.92. The van der Waals surface area contributed by atoms with Gasteiger partial charge in [0, 0.05) is 4.86 Å². The van der Waals surface area contributed by atoms with Gasteiger partial charge in [-0.3, -0.25) is 0 Å². The van der Waals surface area contributed by atoms with Crippen LogP contribution in [-0.2, 0) is 22.0 Å². The summed E-state index contributed by atoms with van der Waals surface area (Å²) in [5.74, 6) is 0. The fourth-order valence-electron chi connectivity index (χ4n) is 4.28. The van der Waals surface area contributed by atoms with Crippen molar-refractivity contribution in [3.05, 3.63) is 28.8 Å². The van der Waals surface area contributed by atoms with Crippen molar-refractivity contribution in [3.63, 3.8) is 0 Å². The van der Waals surface area contributed by atoms with Crippen molar-refractivity contribution in [2.75, 3.05) is 0 Å². The van der Waals surface area contributed by atoms with Gasteiger partial charge in [0.25, 0.3) is 0 Å². The van der Waals surface area contributed by atoms with E-state index < -0.39 is 0 Å². The summed E-state index contributed by atoms with van der Waals surface area (Å²) >= 11 is 1.63. The zero-order chi connectivity index (χ0) is 21.5. The van der Waals surface area contributed by atoms with Crippen LogP contribution in [0.2, 0.25) is 0 Å². The van der Waals surface area contributed by atoms with Gasteiger partial charge in [-0.15, -0.1) is 0 Å². The highest BCUT2D eigenvalue weighted by molar-refractivity contribution is 7.69. The smallest absolute Gasteiger partial charge is 0.101 e. The Kier molecular flexibility index (Phi) is 6.09. The highest BCUT2D eigenvalue weighted by Crippen LogP contribution is 2.43. The topological polar surface area (TPSA) is 36.1 Å². The molecule has 1 fully saturated rings. The molecule has 0 atom stereocenters. The molecule has 0 saturated heterocycles. The van der Waals surface area contributed by atoms with E-state index in [9.17, 15) is 5.26 Å². The van der Waals surface area contributed by atoms with E-state index >= 15 is 0 Å². The van der Waals surface area contributed by atoms with Crippen molar-refractivity contribution in [3.8, 4) is 6.07 Å². The Morgan fingerprint density at radius 3 is 1.89 bits per heavy atom. The van der Waals surface area contributed by atoms with Crippen molar-refractivity contribution >= 4 is 21.7 Å². The van der Waals surface area contributed by atoms with Gasteiger partial charge in [0.05, 0.1) is 11.3 Å². The van der Waals surface area contributed by atoms with Crippen LogP contribution in [0.1, 0.15) is 105 Å². The third-order valence-corrected chi connectivity index (χ3v) is 7.53. The molecule has 1 aromatic carbocycles. The maximum atomic E-state index is 9.92. The Morgan fingerprint density at radius 2 is 1.46 bits per heavy atom. The fourth-order valence-corrected chi connectivity index (χ4v) is 5.35. The summed E-state index contributed by atoms with van der Waals surface area (Å²) in [6, 6.07) is 6.74. The van der Waals surface area contributed by atoms with Crippen molar-refractivity contribution in [2.45, 2.75) is 99.3 Å². The highest BCUT2D eigenvalue weighted by Gasteiger charge is 2.39. The second kappa shape index (κ2) is 7.45. The van der Waals surface area contributed by atoms with Gasteiger partial charge in [-0.1, -0.05) is 81.7 Å². The van der Waals surface area contributed by atoms with Crippen molar-refractivity contribution in [2.24, 2.45) is 15.2 Å². The minimum atomic E-state index is -0.0749. The van der Waals surface area contributed by atoms with Crippen LogP contribution in [0.25, 0.3) is 0 Å². The lowest BCUT2D eigenvalue weighted by Crippen LogP contribution is -2.40. The molecule has 0 bridgehead atoms. The molecule has 0 unspecified atom stereocenters. The van der Waals surface area contributed by atoms with Gasteiger partial charge in [0.1, 0.15) is 6.07 Å². The molecule has 0 radical (unpaired) electrons. The average molecular weight is 399 g/mol. The first kappa shape index (κ1) is 22.9. The normalized spacial score (nSPS) is 19.1. The predicted molar refractivity (Wildman–Crippen MR) is 124 cm³/mol. The molecule has 0 aliphatic heterocycles. The first-order valence-corrected chi connectivity index (χ1v) is 11.2. The summed E-state index contributed by atoms with van der Waals surface area (Å²) in [5.41, 5.74) is 4.16. The zero-order valence-electron chi connectivity index (χ0n) is 19.6. The standard InChI is InChI=1S/C25H38N2S/c1-22(2,3)18-14-17(16-26)20(19(15-18)23(4,5)6)27-28-21-24(7,8)12-11-13-25(21,9)10/h14-15H,11-13H2,1-10H3. The van der Waals surface area contributed by atoms with Gasteiger partial charge in [-0.05, 0) is 62.8 Å². The Morgan fingerprint density at radius 1 is 0.929 bits per heavy atom. The molecule has 0 aromatic heterocycles. The lowest BCUT2D eigenvalue weighted by Gasteiger charge is -2.42. The predicted octanol–water partition coefficient (Wildman–Crippen LogP) is 7.46. The van der Waals surface area contributed by atoms with Gasteiger partial charge < -0.3 is 0 Å². The summed E-state index contributed by atoms with van der Waals surface area (Å²) in [4.78, 5) is 1.44. The van der Waals surface area contributed by atoms with E-state index in [1.807, 2.05) is 6.07 Å². The van der Waals surface area contributed by atoms with Gasteiger partial charge >= 0.3 is 0 Å². The third kappa shape index (κ3) is 4.77. The zero-order valence-corrected chi connectivity index (χ0v) is 20.4. The number of nitrogens with zero attached hydrogens (tertiary/aromatic N) is 2. The minimum absolute atomic E-state index is 0.000620. The van der Waals surface area contributed by atoms with Crippen LogP contribution in [0.5, 0.6) is 0 Å². The first-order valence-electron chi connectivity index (χ1n) is 10.4. The lowest BCUT2D eigenvalue weighted by molar-refractivity contribution is 0.311. The number of hydrogen-bond acceptors (Lipinski definition) is 2. The second-order valence-electron chi connectivity index (χ2n) is 11.7. The Bertz CT molecular complexity index is 844. The summed E-state index contributed by atoms with van der Waals surface area (Å²) in [6.45, 7) is 22.6. The molecule has 28 heavy (non-hydrogen) atoms. The maximum Gasteiger partial charge on any atom is 0.101 e. The largest absolute Gasteiger partial charge is 0.192 e. The van der Waals surface area contributed by atoms with Crippen LogP contribution in [0.15, 0.2) is 16.5 Å². The molecule has 0 heterocycles. The SMILES string of the molecule is CC1(C)CCCC(C)(C)C1=S=Nc1c(C#N)cc(C(C)(C)C)cc1C(C)(C)C. The van der Waals surface area contributed by atoms with Crippen LogP contribution in [0, 0.1) is 22.2 Å². The van der Waals surface area contributed by atoms with E-state index in [4.69, 9.17) is 4.36 Å². The highest BCUT2D eigenvalue weighted by atomic mass is 32.1. The van der Waals surface area contributed by atoms with Crippen LogP contribution in [0.4, 0.5) is 5.69 Å².